The Morgan fingerprint density at radius 3 is 2.43 bits per heavy atom. The number of anilines is 1. The van der Waals surface area contributed by atoms with Crippen molar-refractivity contribution in [3.05, 3.63) is 58.1 Å². The van der Waals surface area contributed by atoms with E-state index in [9.17, 15) is 0 Å². The Labute approximate surface area is 134 Å². The lowest BCUT2D eigenvalue weighted by Crippen LogP contribution is -2.07. The molecule has 2 aromatic carbocycles. The van der Waals surface area contributed by atoms with Crippen molar-refractivity contribution >= 4 is 21.6 Å². The molecule has 2 aromatic rings. The summed E-state index contributed by atoms with van der Waals surface area (Å²) in [5.74, 6) is 0.858. The van der Waals surface area contributed by atoms with E-state index in [1.54, 1.807) is 14.2 Å². The van der Waals surface area contributed by atoms with E-state index in [1.165, 1.54) is 5.56 Å². The molecule has 0 fully saturated rings. The van der Waals surface area contributed by atoms with E-state index in [0.717, 1.165) is 21.5 Å². The first-order valence-electron chi connectivity index (χ1n) is 6.82. The lowest BCUT2D eigenvalue weighted by molar-refractivity contribution is 0.181. The maximum atomic E-state index is 5.36. The second-order valence-electron chi connectivity index (χ2n) is 4.88. The minimum atomic E-state index is 0.202. The summed E-state index contributed by atoms with van der Waals surface area (Å²) >= 11 is 3.44. The summed E-state index contributed by atoms with van der Waals surface area (Å²) in [6.07, 6.45) is 0. The molecule has 21 heavy (non-hydrogen) atoms. The summed E-state index contributed by atoms with van der Waals surface area (Å²) in [7, 11) is 3.37. The van der Waals surface area contributed by atoms with Gasteiger partial charge in [-0.2, -0.15) is 0 Å². The van der Waals surface area contributed by atoms with Crippen LogP contribution in [0.1, 0.15) is 24.1 Å². The molecule has 0 radical (unpaired) electrons. The molecule has 0 aromatic heterocycles. The third-order valence-corrected chi connectivity index (χ3v) is 3.86. The molecule has 0 spiro atoms. The van der Waals surface area contributed by atoms with Gasteiger partial charge in [0.05, 0.1) is 13.7 Å². The molecule has 0 aliphatic carbocycles. The standard InChI is InChI=1S/C17H20BrNO2/c1-12(19-16-7-5-15(18)6-8-16)13-4-9-17(21-3)14(10-13)11-20-2/h4-10,12,19H,11H2,1-3H3. The van der Waals surface area contributed by atoms with Crippen LogP contribution in [0.4, 0.5) is 5.69 Å². The summed E-state index contributed by atoms with van der Waals surface area (Å²) in [5, 5.41) is 3.49. The van der Waals surface area contributed by atoms with Crippen LogP contribution < -0.4 is 10.1 Å². The number of ether oxygens (including phenoxy) is 2. The maximum absolute atomic E-state index is 5.36. The van der Waals surface area contributed by atoms with E-state index in [4.69, 9.17) is 9.47 Å². The molecular formula is C17H20BrNO2. The number of rotatable bonds is 6. The molecule has 1 unspecified atom stereocenters. The van der Waals surface area contributed by atoms with Crippen molar-refractivity contribution in [2.24, 2.45) is 0 Å². The largest absolute Gasteiger partial charge is 0.496 e. The smallest absolute Gasteiger partial charge is 0.124 e. The van der Waals surface area contributed by atoms with Crippen LogP contribution in [-0.4, -0.2) is 14.2 Å². The summed E-state index contributed by atoms with van der Waals surface area (Å²) in [6, 6.07) is 14.6. The SMILES string of the molecule is COCc1cc(C(C)Nc2ccc(Br)cc2)ccc1OC. The van der Waals surface area contributed by atoms with Gasteiger partial charge in [0.1, 0.15) is 5.75 Å². The van der Waals surface area contributed by atoms with Gasteiger partial charge in [-0.25, -0.2) is 0 Å². The van der Waals surface area contributed by atoms with Gasteiger partial charge in [-0.05, 0) is 48.9 Å². The van der Waals surface area contributed by atoms with E-state index in [2.05, 4.69) is 52.4 Å². The Morgan fingerprint density at radius 1 is 1.10 bits per heavy atom. The van der Waals surface area contributed by atoms with Crippen molar-refractivity contribution in [2.75, 3.05) is 19.5 Å². The molecule has 3 nitrogen and oxygen atoms in total. The van der Waals surface area contributed by atoms with E-state index >= 15 is 0 Å². The lowest BCUT2D eigenvalue weighted by atomic mass is 10.0. The van der Waals surface area contributed by atoms with Gasteiger partial charge in [0.2, 0.25) is 0 Å². The Balaban J connectivity index is 2.16. The number of halogens is 1. The monoisotopic (exact) mass is 349 g/mol. The van der Waals surface area contributed by atoms with Crippen molar-refractivity contribution in [2.45, 2.75) is 19.6 Å². The Bertz CT molecular complexity index is 584. The zero-order valence-electron chi connectivity index (χ0n) is 12.5. The molecule has 0 heterocycles. The first kappa shape index (κ1) is 15.9. The second-order valence-corrected chi connectivity index (χ2v) is 5.79. The van der Waals surface area contributed by atoms with E-state index in [0.29, 0.717) is 6.61 Å². The van der Waals surface area contributed by atoms with Crippen LogP contribution in [0.5, 0.6) is 5.75 Å². The van der Waals surface area contributed by atoms with Gasteiger partial charge < -0.3 is 14.8 Å². The van der Waals surface area contributed by atoms with Crippen LogP contribution in [0.3, 0.4) is 0 Å². The zero-order valence-corrected chi connectivity index (χ0v) is 14.1. The van der Waals surface area contributed by atoms with Crippen molar-refractivity contribution in [1.29, 1.82) is 0 Å². The molecule has 0 aliphatic rings. The summed E-state index contributed by atoms with van der Waals surface area (Å²) in [5.41, 5.74) is 3.35. The van der Waals surface area contributed by atoms with Crippen LogP contribution in [0.15, 0.2) is 46.9 Å². The summed E-state index contributed by atoms with van der Waals surface area (Å²) in [4.78, 5) is 0. The predicted molar refractivity (Wildman–Crippen MR) is 89.9 cm³/mol. The molecule has 2 rings (SSSR count). The van der Waals surface area contributed by atoms with Gasteiger partial charge in [-0.15, -0.1) is 0 Å². The number of methoxy groups -OCH3 is 2. The Kier molecular flexibility index (Phi) is 5.65. The number of hydrogen-bond acceptors (Lipinski definition) is 3. The molecule has 112 valence electrons. The topological polar surface area (TPSA) is 30.5 Å². The lowest BCUT2D eigenvalue weighted by Gasteiger charge is -2.18. The number of nitrogens with one attached hydrogen (secondary N) is 1. The van der Waals surface area contributed by atoms with Crippen LogP contribution in [0, 0.1) is 0 Å². The third-order valence-electron chi connectivity index (χ3n) is 3.33. The van der Waals surface area contributed by atoms with Crippen molar-refractivity contribution in [3.63, 3.8) is 0 Å². The highest BCUT2D eigenvalue weighted by atomic mass is 79.9. The van der Waals surface area contributed by atoms with Crippen LogP contribution in [-0.2, 0) is 11.3 Å². The molecular weight excluding hydrogens is 330 g/mol. The molecule has 1 atom stereocenters. The quantitative estimate of drug-likeness (QED) is 0.814. The highest BCUT2D eigenvalue weighted by Crippen LogP contribution is 2.26. The van der Waals surface area contributed by atoms with Gasteiger partial charge in [0.25, 0.3) is 0 Å². The fourth-order valence-electron chi connectivity index (χ4n) is 2.22. The third kappa shape index (κ3) is 4.22. The van der Waals surface area contributed by atoms with Gasteiger partial charge in [-0.3, -0.25) is 0 Å². The van der Waals surface area contributed by atoms with E-state index in [-0.39, 0.29) is 6.04 Å². The summed E-state index contributed by atoms with van der Waals surface area (Å²) < 4.78 is 11.7. The second kappa shape index (κ2) is 7.48. The number of benzene rings is 2. The first-order valence-corrected chi connectivity index (χ1v) is 7.61. The Hall–Kier alpha value is -1.52. The average molecular weight is 350 g/mol. The van der Waals surface area contributed by atoms with Crippen molar-refractivity contribution in [3.8, 4) is 5.75 Å². The fourth-order valence-corrected chi connectivity index (χ4v) is 2.48. The van der Waals surface area contributed by atoms with Crippen molar-refractivity contribution < 1.29 is 9.47 Å². The van der Waals surface area contributed by atoms with Crippen LogP contribution in [0.2, 0.25) is 0 Å². The predicted octanol–water partition coefficient (Wildman–Crippen LogP) is 4.78. The van der Waals surface area contributed by atoms with Crippen LogP contribution >= 0.6 is 15.9 Å². The van der Waals surface area contributed by atoms with E-state index in [1.807, 2.05) is 18.2 Å². The molecule has 1 N–H and O–H groups in total. The number of hydrogen-bond donors (Lipinski definition) is 1. The normalized spacial score (nSPS) is 12.0. The van der Waals surface area contributed by atoms with E-state index < -0.39 is 0 Å². The highest BCUT2D eigenvalue weighted by Gasteiger charge is 2.10. The molecule has 0 bridgehead atoms. The zero-order chi connectivity index (χ0) is 15.2. The minimum absolute atomic E-state index is 0.202. The summed E-state index contributed by atoms with van der Waals surface area (Å²) in [6.45, 7) is 2.68. The van der Waals surface area contributed by atoms with Gasteiger partial charge >= 0.3 is 0 Å². The Morgan fingerprint density at radius 2 is 1.81 bits per heavy atom. The fraction of sp³-hybridized carbons (Fsp3) is 0.294. The average Bonchev–Trinajstić information content (AvgIpc) is 2.50. The molecule has 0 saturated carbocycles. The maximum Gasteiger partial charge on any atom is 0.124 e. The van der Waals surface area contributed by atoms with Gasteiger partial charge in [0, 0.05) is 28.9 Å². The van der Waals surface area contributed by atoms with Gasteiger partial charge in [0.15, 0.2) is 0 Å². The van der Waals surface area contributed by atoms with Crippen LogP contribution in [0.25, 0.3) is 0 Å². The molecule has 4 heteroatoms. The molecule has 0 aliphatic heterocycles. The minimum Gasteiger partial charge on any atom is -0.496 e. The molecule has 0 saturated heterocycles. The highest BCUT2D eigenvalue weighted by molar-refractivity contribution is 9.10. The van der Waals surface area contributed by atoms with Gasteiger partial charge in [-0.1, -0.05) is 22.0 Å². The first-order chi connectivity index (χ1) is 10.1. The van der Waals surface area contributed by atoms with Crippen molar-refractivity contribution in [1.82, 2.24) is 0 Å². The molecule has 0 amide bonds.